The molecule has 0 radical (unpaired) electrons. The zero-order chi connectivity index (χ0) is 21.1. The number of fused-ring (bicyclic) bond motifs is 5. The maximum absolute atomic E-state index is 12.6. The van der Waals surface area contributed by atoms with Crippen LogP contribution in [-0.4, -0.2) is 28.4 Å². The lowest BCUT2D eigenvalue weighted by Crippen LogP contribution is -2.51. The summed E-state index contributed by atoms with van der Waals surface area (Å²) >= 11 is 0. The molecule has 0 aliphatic heterocycles. The highest BCUT2D eigenvalue weighted by Gasteiger charge is 2.58. The van der Waals surface area contributed by atoms with Gasteiger partial charge >= 0.3 is 5.97 Å². The van der Waals surface area contributed by atoms with E-state index < -0.39 is 5.97 Å². The van der Waals surface area contributed by atoms with E-state index >= 15 is 0 Å². The Labute approximate surface area is 179 Å². The minimum Gasteiger partial charge on any atom is -0.507 e. The van der Waals surface area contributed by atoms with Crippen molar-refractivity contribution in [2.75, 3.05) is 0 Å². The predicted molar refractivity (Wildman–Crippen MR) is 115 cm³/mol. The Bertz CT molecular complexity index is 876. The third-order valence-electron chi connectivity index (χ3n) is 9.41. The molecule has 0 unspecified atom stereocenters. The Morgan fingerprint density at radius 3 is 2.67 bits per heavy atom. The number of esters is 1. The molecular weight excluding hydrogens is 376 g/mol. The van der Waals surface area contributed by atoms with Gasteiger partial charge in [0.25, 0.3) is 0 Å². The molecule has 2 N–H and O–H groups in total. The third-order valence-corrected chi connectivity index (χ3v) is 9.41. The van der Waals surface area contributed by atoms with Crippen LogP contribution in [-0.2, 0) is 4.74 Å². The average molecular weight is 411 g/mol. The highest BCUT2D eigenvalue weighted by Crippen LogP contribution is 2.64. The number of hydrogen-bond donors (Lipinski definition) is 2. The summed E-state index contributed by atoms with van der Waals surface area (Å²) in [6.07, 6.45) is 10.5. The number of hydrogen-bond acceptors (Lipinski definition) is 4. The summed E-state index contributed by atoms with van der Waals surface area (Å²) in [5.41, 5.74) is 2.00. The van der Waals surface area contributed by atoms with Crippen LogP contribution in [0.2, 0.25) is 0 Å². The van der Waals surface area contributed by atoms with Gasteiger partial charge in [0.05, 0.1) is 6.10 Å². The Kier molecular flexibility index (Phi) is 4.77. The van der Waals surface area contributed by atoms with Gasteiger partial charge in [-0.2, -0.15) is 0 Å². The van der Waals surface area contributed by atoms with Gasteiger partial charge in [0.1, 0.15) is 17.4 Å². The lowest BCUT2D eigenvalue weighted by molar-refractivity contribution is -0.0724. The molecular formula is C26H34O4. The monoisotopic (exact) mass is 410 g/mol. The number of aliphatic hydroxyl groups is 1. The molecule has 4 heteroatoms. The van der Waals surface area contributed by atoms with E-state index in [4.69, 9.17) is 4.74 Å². The molecule has 1 aromatic rings. The van der Waals surface area contributed by atoms with Crippen molar-refractivity contribution < 1.29 is 19.7 Å². The van der Waals surface area contributed by atoms with Crippen molar-refractivity contribution in [3.8, 4) is 5.75 Å². The van der Waals surface area contributed by atoms with Gasteiger partial charge in [-0.3, -0.25) is 0 Å². The number of aromatic hydroxyl groups is 1. The number of benzene rings is 1. The number of phenolic OH excluding ortho intramolecular Hbond substituents is 1. The van der Waals surface area contributed by atoms with Gasteiger partial charge in [-0.1, -0.05) is 37.6 Å². The van der Waals surface area contributed by atoms with Crippen LogP contribution in [0.15, 0.2) is 35.9 Å². The topological polar surface area (TPSA) is 66.8 Å². The summed E-state index contributed by atoms with van der Waals surface area (Å²) in [6, 6.07) is 6.59. The van der Waals surface area contributed by atoms with E-state index in [1.54, 1.807) is 18.2 Å². The maximum atomic E-state index is 12.6. The molecule has 0 aromatic heterocycles. The normalized spacial score (nSPS) is 42.5. The SMILES string of the molecule is C[C@]12CC[C@H]3[C@@H](CC=C4C[C@@H](OC(=O)c5ccccc5O)CC[C@@]43C)[C@@H]1CC[C@@H]2O. The van der Waals surface area contributed by atoms with E-state index in [1.165, 1.54) is 24.5 Å². The summed E-state index contributed by atoms with van der Waals surface area (Å²) in [7, 11) is 0. The van der Waals surface area contributed by atoms with Gasteiger partial charge in [0.2, 0.25) is 0 Å². The highest BCUT2D eigenvalue weighted by atomic mass is 16.5. The molecule has 0 heterocycles. The van der Waals surface area contributed by atoms with Crippen molar-refractivity contribution in [1.29, 1.82) is 0 Å². The van der Waals surface area contributed by atoms with E-state index in [9.17, 15) is 15.0 Å². The van der Waals surface area contributed by atoms with E-state index in [-0.39, 0.29) is 34.4 Å². The minimum absolute atomic E-state index is 0.0214. The van der Waals surface area contributed by atoms with Gasteiger partial charge in [-0.05, 0) is 85.7 Å². The second kappa shape index (κ2) is 7.12. The first kappa shape index (κ1) is 20.1. The molecule has 1 aromatic carbocycles. The molecule has 4 aliphatic carbocycles. The molecule has 4 aliphatic rings. The predicted octanol–water partition coefficient (Wildman–Crippen LogP) is 5.24. The molecule has 3 fully saturated rings. The Balaban J connectivity index is 1.32. The Morgan fingerprint density at radius 1 is 1.07 bits per heavy atom. The molecule has 0 amide bonds. The first-order chi connectivity index (χ1) is 14.3. The van der Waals surface area contributed by atoms with Crippen LogP contribution in [0.1, 0.15) is 75.6 Å². The number of aliphatic hydroxyl groups excluding tert-OH is 1. The van der Waals surface area contributed by atoms with Gasteiger partial charge in [0.15, 0.2) is 0 Å². The molecule has 0 saturated heterocycles. The summed E-state index contributed by atoms with van der Waals surface area (Å²) in [5, 5.41) is 20.6. The van der Waals surface area contributed by atoms with Gasteiger partial charge < -0.3 is 14.9 Å². The van der Waals surface area contributed by atoms with Gasteiger partial charge in [-0.15, -0.1) is 0 Å². The number of allylic oxidation sites excluding steroid dienone is 1. The van der Waals surface area contributed by atoms with Crippen LogP contribution in [0.3, 0.4) is 0 Å². The number of ether oxygens (including phenoxy) is 1. The number of rotatable bonds is 2. The Hall–Kier alpha value is -1.81. The van der Waals surface area contributed by atoms with Crippen molar-refractivity contribution in [1.82, 2.24) is 0 Å². The van der Waals surface area contributed by atoms with Crippen LogP contribution >= 0.6 is 0 Å². The van der Waals surface area contributed by atoms with E-state index in [1.807, 2.05) is 0 Å². The molecule has 0 spiro atoms. The van der Waals surface area contributed by atoms with Crippen molar-refractivity contribution in [3.63, 3.8) is 0 Å². The van der Waals surface area contributed by atoms with Gasteiger partial charge in [0, 0.05) is 6.42 Å². The second-order valence-electron chi connectivity index (χ2n) is 10.7. The summed E-state index contributed by atoms with van der Waals surface area (Å²) in [4.78, 5) is 12.6. The molecule has 162 valence electrons. The van der Waals surface area contributed by atoms with Crippen molar-refractivity contribution >= 4 is 5.97 Å². The number of carbonyl (C=O) groups excluding carboxylic acids is 1. The summed E-state index contributed by atoms with van der Waals surface area (Å²) in [6.45, 7) is 4.76. The zero-order valence-corrected chi connectivity index (χ0v) is 18.1. The van der Waals surface area contributed by atoms with Crippen LogP contribution in [0, 0.1) is 28.6 Å². The fourth-order valence-corrected chi connectivity index (χ4v) is 7.56. The molecule has 5 rings (SSSR count). The smallest absolute Gasteiger partial charge is 0.342 e. The zero-order valence-electron chi connectivity index (χ0n) is 18.1. The van der Waals surface area contributed by atoms with Crippen molar-refractivity contribution in [2.24, 2.45) is 28.6 Å². The first-order valence-corrected chi connectivity index (χ1v) is 11.7. The van der Waals surface area contributed by atoms with E-state index in [0.717, 1.165) is 38.5 Å². The standard InChI is InChI=1S/C26H34O4/c1-25-13-11-17(30-24(29)19-5-3-4-6-22(19)27)15-16(25)7-8-18-20-9-10-23(28)26(20,2)14-12-21(18)25/h3-7,17-18,20-21,23,27-28H,8-15H2,1-2H3/t17-,18-,20-,21-,23-,25-,26-/m0/s1. The lowest BCUT2D eigenvalue weighted by Gasteiger charge is -2.57. The van der Waals surface area contributed by atoms with Crippen LogP contribution < -0.4 is 0 Å². The van der Waals surface area contributed by atoms with Crippen LogP contribution in [0.5, 0.6) is 5.75 Å². The van der Waals surface area contributed by atoms with Gasteiger partial charge in [-0.25, -0.2) is 4.79 Å². The van der Waals surface area contributed by atoms with Crippen molar-refractivity contribution in [2.45, 2.75) is 77.4 Å². The van der Waals surface area contributed by atoms with E-state index in [2.05, 4.69) is 19.9 Å². The quantitative estimate of drug-likeness (QED) is 0.517. The number of phenols is 1. The molecule has 4 nitrogen and oxygen atoms in total. The Morgan fingerprint density at radius 2 is 1.87 bits per heavy atom. The second-order valence-corrected chi connectivity index (χ2v) is 10.7. The van der Waals surface area contributed by atoms with Crippen molar-refractivity contribution in [3.05, 3.63) is 41.5 Å². The summed E-state index contributed by atoms with van der Waals surface area (Å²) < 4.78 is 5.81. The molecule has 30 heavy (non-hydrogen) atoms. The molecule has 3 saturated carbocycles. The highest BCUT2D eigenvalue weighted by molar-refractivity contribution is 5.92. The maximum Gasteiger partial charge on any atom is 0.342 e. The third kappa shape index (κ3) is 2.94. The number of carbonyl (C=O) groups is 1. The fraction of sp³-hybridized carbons (Fsp3) is 0.654. The average Bonchev–Trinajstić information content (AvgIpc) is 3.03. The fourth-order valence-electron chi connectivity index (χ4n) is 7.56. The van der Waals surface area contributed by atoms with Crippen LogP contribution in [0.25, 0.3) is 0 Å². The largest absolute Gasteiger partial charge is 0.507 e. The lowest BCUT2D eigenvalue weighted by atomic mass is 9.48. The van der Waals surface area contributed by atoms with E-state index in [0.29, 0.717) is 17.8 Å². The first-order valence-electron chi connectivity index (χ1n) is 11.7. The molecule has 0 bridgehead atoms. The number of para-hydroxylation sites is 1. The minimum atomic E-state index is -0.427. The molecule has 7 atom stereocenters. The van der Waals surface area contributed by atoms with Crippen LogP contribution in [0.4, 0.5) is 0 Å². The summed E-state index contributed by atoms with van der Waals surface area (Å²) in [5.74, 6) is 1.54.